The molecule has 0 aromatic heterocycles. The molecule has 2 aromatic carbocycles. The van der Waals surface area contributed by atoms with Crippen molar-refractivity contribution >= 4 is 27.3 Å². The molecule has 1 amide bonds. The van der Waals surface area contributed by atoms with Crippen molar-refractivity contribution < 1.29 is 17.9 Å². The molecule has 1 N–H and O–H groups in total. The molecule has 0 bridgehead atoms. The molecule has 182 valence electrons. The van der Waals surface area contributed by atoms with Crippen molar-refractivity contribution in [2.45, 2.75) is 51.0 Å². The van der Waals surface area contributed by atoms with Crippen LogP contribution in [-0.4, -0.2) is 50.9 Å². The quantitative estimate of drug-likeness (QED) is 0.577. The Morgan fingerprint density at radius 1 is 1.15 bits per heavy atom. The normalized spacial score (nSPS) is 15.2. The number of benzene rings is 2. The zero-order valence-electron chi connectivity index (χ0n) is 20.0. The van der Waals surface area contributed by atoms with E-state index in [1.807, 2.05) is 19.9 Å². The van der Waals surface area contributed by atoms with Gasteiger partial charge in [-0.15, -0.1) is 0 Å². The smallest absolute Gasteiger partial charge is 0.265 e. The Bertz CT molecular complexity index is 1150. The van der Waals surface area contributed by atoms with Crippen molar-refractivity contribution in [1.82, 2.24) is 4.31 Å². The second-order valence-corrected chi connectivity index (χ2v) is 10.1. The Labute approximate surface area is 202 Å². The van der Waals surface area contributed by atoms with Gasteiger partial charge in [0.25, 0.3) is 5.91 Å². The van der Waals surface area contributed by atoms with Gasteiger partial charge < -0.3 is 15.0 Å². The average molecular weight is 485 g/mol. The van der Waals surface area contributed by atoms with Gasteiger partial charge in [0.1, 0.15) is 5.75 Å². The number of piperidine rings is 1. The van der Waals surface area contributed by atoms with E-state index in [9.17, 15) is 13.2 Å². The highest BCUT2D eigenvalue weighted by Crippen LogP contribution is 2.31. The third-order valence-corrected chi connectivity index (χ3v) is 7.82. The van der Waals surface area contributed by atoms with Gasteiger partial charge >= 0.3 is 0 Å². The molecule has 1 saturated heterocycles. The largest absolute Gasteiger partial charge is 0.481 e. The summed E-state index contributed by atoms with van der Waals surface area (Å²) >= 11 is 0. The predicted molar refractivity (Wildman–Crippen MR) is 132 cm³/mol. The molecule has 1 heterocycles. The maximum atomic E-state index is 13.2. The van der Waals surface area contributed by atoms with Crippen LogP contribution in [0.15, 0.2) is 47.4 Å². The number of nitriles is 1. The second-order valence-electron chi connectivity index (χ2n) is 8.20. The average Bonchev–Trinajstić information content (AvgIpc) is 2.86. The van der Waals surface area contributed by atoms with Gasteiger partial charge in [0, 0.05) is 26.2 Å². The van der Waals surface area contributed by atoms with Crippen molar-refractivity contribution in [2.24, 2.45) is 0 Å². The lowest BCUT2D eigenvalue weighted by molar-refractivity contribution is -0.122. The molecule has 1 aliphatic heterocycles. The first-order valence-electron chi connectivity index (χ1n) is 11.7. The molecular formula is C25H32N4O4S. The summed E-state index contributed by atoms with van der Waals surface area (Å²) in [6.45, 7) is 8.03. The summed E-state index contributed by atoms with van der Waals surface area (Å²) in [6.07, 6.45) is 1.87. The van der Waals surface area contributed by atoms with Crippen molar-refractivity contribution in [3.8, 4) is 11.8 Å². The molecule has 0 aliphatic carbocycles. The van der Waals surface area contributed by atoms with E-state index in [1.54, 1.807) is 49.4 Å². The number of hydrogen-bond acceptors (Lipinski definition) is 6. The number of nitrogens with one attached hydrogen (secondary N) is 1. The first-order chi connectivity index (χ1) is 16.3. The Morgan fingerprint density at radius 3 is 2.50 bits per heavy atom. The predicted octanol–water partition coefficient (Wildman–Crippen LogP) is 3.99. The number of carbonyl (C=O) groups excluding carboxylic acids is 1. The van der Waals surface area contributed by atoms with Crippen LogP contribution in [0.2, 0.25) is 0 Å². The maximum absolute atomic E-state index is 13.2. The number of carbonyl (C=O) groups is 1. The van der Waals surface area contributed by atoms with Gasteiger partial charge in [0.05, 0.1) is 27.9 Å². The summed E-state index contributed by atoms with van der Waals surface area (Å²) in [6, 6.07) is 13.5. The van der Waals surface area contributed by atoms with Crippen LogP contribution in [0.5, 0.6) is 5.75 Å². The van der Waals surface area contributed by atoms with Gasteiger partial charge in [0.2, 0.25) is 10.0 Å². The number of ether oxygens (including phenoxy) is 1. The van der Waals surface area contributed by atoms with E-state index in [2.05, 4.69) is 10.2 Å². The summed E-state index contributed by atoms with van der Waals surface area (Å²) in [7, 11) is -3.65. The Kier molecular flexibility index (Phi) is 8.53. The van der Waals surface area contributed by atoms with Gasteiger partial charge in [-0.3, -0.25) is 4.79 Å². The first-order valence-corrected chi connectivity index (χ1v) is 13.1. The molecule has 2 aromatic rings. The fourth-order valence-corrected chi connectivity index (χ4v) is 5.54. The number of sulfonamides is 1. The minimum absolute atomic E-state index is 0.163. The van der Waals surface area contributed by atoms with Crippen LogP contribution in [0, 0.1) is 11.3 Å². The molecule has 8 nitrogen and oxygen atoms in total. The fraction of sp³-hybridized carbons (Fsp3) is 0.440. The van der Waals surface area contributed by atoms with Gasteiger partial charge in [-0.25, -0.2) is 8.42 Å². The standard InChI is InChI=1S/C25H32N4O4S/c1-4-28(5-2)24-13-12-22(34(31,32)29-14-7-6-8-15-29)17-23(24)27-25(30)19(3)33-21-11-9-10-20(16-21)18-26/h9-13,16-17,19H,4-8,14-15H2,1-3H3,(H,27,30). The lowest BCUT2D eigenvalue weighted by Crippen LogP contribution is -2.36. The topological polar surface area (TPSA) is 103 Å². The van der Waals surface area contributed by atoms with E-state index >= 15 is 0 Å². The van der Waals surface area contributed by atoms with Gasteiger partial charge in [-0.1, -0.05) is 12.5 Å². The summed E-state index contributed by atoms with van der Waals surface area (Å²) in [4.78, 5) is 15.2. The fourth-order valence-electron chi connectivity index (χ4n) is 4.00. The van der Waals surface area contributed by atoms with Crippen molar-refractivity contribution in [3.63, 3.8) is 0 Å². The molecule has 3 rings (SSSR count). The molecule has 1 unspecified atom stereocenters. The minimum atomic E-state index is -3.65. The lowest BCUT2D eigenvalue weighted by atomic mass is 10.2. The Morgan fingerprint density at radius 2 is 1.85 bits per heavy atom. The molecule has 0 radical (unpaired) electrons. The lowest BCUT2D eigenvalue weighted by Gasteiger charge is -2.28. The van der Waals surface area contributed by atoms with E-state index in [1.165, 1.54) is 4.31 Å². The third kappa shape index (κ3) is 5.88. The zero-order valence-corrected chi connectivity index (χ0v) is 20.8. The third-order valence-electron chi connectivity index (χ3n) is 5.93. The van der Waals surface area contributed by atoms with Crippen LogP contribution in [0.25, 0.3) is 0 Å². The van der Waals surface area contributed by atoms with Crippen LogP contribution in [0.3, 0.4) is 0 Å². The molecule has 0 spiro atoms. The Balaban J connectivity index is 1.88. The maximum Gasteiger partial charge on any atom is 0.265 e. The van der Waals surface area contributed by atoms with E-state index in [0.717, 1.165) is 24.9 Å². The number of amides is 1. The molecule has 0 saturated carbocycles. The number of hydrogen-bond donors (Lipinski definition) is 1. The number of anilines is 2. The van der Waals surface area contributed by atoms with Gasteiger partial charge in [-0.2, -0.15) is 9.57 Å². The van der Waals surface area contributed by atoms with Crippen LogP contribution >= 0.6 is 0 Å². The first kappa shape index (κ1) is 25.5. The zero-order chi connectivity index (χ0) is 24.7. The minimum Gasteiger partial charge on any atom is -0.481 e. The molecule has 9 heteroatoms. The highest BCUT2D eigenvalue weighted by Gasteiger charge is 2.27. The second kappa shape index (κ2) is 11.4. The molecule has 1 aliphatic rings. The number of rotatable bonds is 9. The monoisotopic (exact) mass is 484 g/mol. The summed E-state index contributed by atoms with van der Waals surface area (Å²) in [5, 5.41) is 11.9. The highest BCUT2D eigenvalue weighted by molar-refractivity contribution is 7.89. The summed E-state index contributed by atoms with van der Waals surface area (Å²) in [5.74, 6) is -0.00428. The highest BCUT2D eigenvalue weighted by atomic mass is 32.2. The molecule has 1 fully saturated rings. The van der Waals surface area contributed by atoms with E-state index in [-0.39, 0.29) is 4.90 Å². The van der Waals surface area contributed by atoms with E-state index in [0.29, 0.717) is 43.2 Å². The summed E-state index contributed by atoms with van der Waals surface area (Å²) in [5.41, 5.74) is 1.60. The van der Waals surface area contributed by atoms with Crippen LogP contribution in [0.4, 0.5) is 11.4 Å². The Hall–Kier alpha value is -3.09. The van der Waals surface area contributed by atoms with Gasteiger partial charge in [0.15, 0.2) is 6.10 Å². The van der Waals surface area contributed by atoms with Crippen LogP contribution in [-0.2, 0) is 14.8 Å². The summed E-state index contributed by atoms with van der Waals surface area (Å²) < 4.78 is 33.7. The van der Waals surface area contributed by atoms with E-state index in [4.69, 9.17) is 10.00 Å². The van der Waals surface area contributed by atoms with Gasteiger partial charge in [-0.05, 0) is 70.0 Å². The molecule has 34 heavy (non-hydrogen) atoms. The van der Waals surface area contributed by atoms with Crippen molar-refractivity contribution in [2.75, 3.05) is 36.4 Å². The van der Waals surface area contributed by atoms with Crippen molar-refractivity contribution in [1.29, 1.82) is 5.26 Å². The van der Waals surface area contributed by atoms with Crippen LogP contribution < -0.4 is 15.0 Å². The van der Waals surface area contributed by atoms with Crippen molar-refractivity contribution in [3.05, 3.63) is 48.0 Å². The van der Waals surface area contributed by atoms with E-state index < -0.39 is 22.0 Å². The SMILES string of the molecule is CCN(CC)c1ccc(S(=O)(=O)N2CCCCC2)cc1NC(=O)C(C)Oc1cccc(C#N)c1. The number of nitrogens with zero attached hydrogens (tertiary/aromatic N) is 3. The van der Waals surface area contributed by atoms with Crippen LogP contribution in [0.1, 0.15) is 45.6 Å². The molecular weight excluding hydrogens is 452 g/mol. The molecule has 1 atom stereocenters.